The molecule has 1 aliphatic carbocycles. The van der Waals surface area contributed by atoms with E-state index in [1.54, 1.807) is 0 Å². The fourth-order valence-electron chi connectivity index (χ4n) is 6.57. The highest BCUT2D eigenvalue weighted by Crippen LogP contribution is 2.32. The van der Waals surface area contributed by atoms with Crippen LogP contribution < -0.4 is 10.6 Å². The largest absolute Gasteiger partial charge is 0.357 e. The van der Waals surface area contributed by atoms with Gasteiger partial charge in [-0.2, -0.15) is 0 Å². The van der Waals surface area contributed by atoms with E-state index in [0.29, 0.717) is 6.04 Å². The monoisotopic (exact) mass is 574 g/mol. The molecular weight excluding hydrogens is 523 g/mol. The summed E-state index contributed by atoms with van der Waals surface area (Å²) in [5.41, 5.74) is 0.264. The number of halogens is 1. The number of rotatable bonds is 6. The second-order valence-electron chi connectivity index (χ2n) is 11.0. The second kappa shape index (κ2) is 13.8. The molecule has 4 rings (SSSR count). The molecule has 0 amide bonds. The molecule has 6 nitrogen and oxygen atoms in total. The summed E-state index contributed by atoms with van der Waals surface area (Å²) in [7, 11) is 2.27. The van der Waals surface area contributed by atoms with Crippen LogP contribution in [0.25, 0.3) is 0 Å². The van der Waals surface area contributed by atoms with Crippen LogP contribution in [0.3, 0.4) is 0 Å². The highest BCUT2D eigenvalue weighted by Gasteiger charge is 2.39. The van der Waals surface area contributed by atoms with E-state index in [-0.39, 0.29) is 29.5 Å². The summed E-state index contributed by atoms with van der Waals surface area (Å²) >= 11 is 0. The van der Waals surface area contributed by atoms with Crippen molar-refractivity contribution in [1.82, 2.24) is 25.3 Å². The standard InChI is InChI=1S/C26H50N6.HI/c1-3-27-25(29-23-12-18-31(19-13-23)24-10-6-4-7-11-24)28-22-26(14-20-30(2)21-15-26)32-16-8-5-9-17-32;/h23-24H,3-22H2,1-2H3,(H2,27,28,29);1H. The molecule has 3 saturated heterocycles. The van der Waals surface area contributed by atoms with Gasteiger partial charge in [0.2, 0.25) is 0 Å². The highest BCUT2D eigenvalue weighted by atomic mass is 127. The van der Waals surface area contributed by atoms with E-state index in [1.165, 1.54) is 116 Å². The zero-order chi connectivity index (χ0) is 22.2. The van der Waals surface area contributed by atoms with Crippen molar-refractivity contribution in [1.29, 1.82) is 0 Å². The van der Waals surface area contributed by atoms with Gasteiger partial charge in [-0.05, 0) is 91.5 Å². The van der Waals surface area contributed by atoms with Gasteiger partial charge in [0.05, 0.1) is 6.54 Å². The van der Waals surface area contributed by atoms with Gasteiger partial charge in [0.1, 0.15) is 0 Å². The molecular formula is C26H51IN6. The Morgan fingerprint density at radius 2 is 1.48 bits per heavy atom. The van der Waals surface area contributed by atoms with E-state index < -0.39 is 0 Å². The van der Waals surface area contributed by atoms with Gasteiger partial charge >= 0.3 is 0 Å². The maximum absolute atomic E-state index is 5.23. The summed E-state index contributed by atoms with van der Waals surface area (Å²) in [6.45, 7) is 11.5. The van der Waals surface area contributed by atoms with E-state index >= 15 is 0 Å². The van der Waals surface area contributed by atoms with Crippen molar-refractivity contribution in [3.63, 3.8) is 0 Å². The maximum atomic E-state index is 5.23. The number of aliphatic imine (C=N–C) groups is 1. The van der Waals surface area contributed by atoms with Crippen LogP contribution in [0.2, 0.25) is 0 Å². The Balaban J connectivity index is 0.00000306. The van der Waals surface area contributed by atoms with Crippen LogP contribution in [0, 0.1) is 0 Å². The van der Waals surface area contributed by atoms with Crippen molar-refractivity contribution < 1.29 is 0 Å². The molecule has 192 valence electrons. The molecule has 0 radical (unpaired) electrons. The quantitative estimate of drug-likeness (QED) is 0.286. The number of hydrogen-bond acceptors (Lipinski definition) is 4. The molecule has 0 bridgehead atoms. The molecule has 3 aliphatic heterocycles. The predicted octanol–water partition coefficient (Wildman–Crippen LogP) is 3.91. The number of piperidine rings is 3. The lowest BCUT2D eigenvalue weighted by molar-refractivity contribution is 0.0207. The van der Waals surface area contributed by atoms with Gasteiger partial charge in [0.15, 0.2) is 5.96 Å². The molecule has 0 unspecified atom stereocenters. The third-order valence-corrected chi connectivity index (χ3v) is 8.78. The lowest BCUT2D eigenvalue weighted by atomic mass is 9.84. The summed E-state index contributed by atoms with van der Waals surface area (Å²) in [4.78, 5) is 13.3. The number of nitrogens with one attached hydrogen (secondary N) is 2. The molecule has 0 aromatic carbocycles. The van der Waals surface area contributed by atoms with E-state index in [0.717, 1.165) is 25.1 Å². The van der Waals surface area contributed by atoms with E-state index in [4.69, 9.17) is 4.99 Å². The minimum atomic E-state index is 0. The van der Waals surface area contributed by atoms with Crippen molar-refractivity contribution in [2.45, 2.75) is 102 Å². The number of guanidine groups is 1. The van der Waals surface area contributed by atoms with E-state index in [9.17, 15) is 0 Å². The lowest BCUT2D eigenvalue weighted by Crippen LogP contribution is -2.58. The van der Waals surface area contributed by atoms with E-state index in [1.807, 2.05) is 0 Å². The molecule has 33 heavy (non-hydrogen) atoms. The normalized spacial score (nSPS) is 27.2. The Kier molecular flexibility index (Phi) is 11.5. The molecule has 2 N–H and O–H groups in total. The Hall–Kier alpha value is -0.120. The average molecular weight is 575 g/mol. The van der Waals surface area contributed by atoms with Crippen LogP contribution in [0.1, 0.15) is 84.0 Å². The summed E-state index contributed by atoms with van der Waals surface area (Å²) in [6.07, 6.45) is 16.3. The fourth-order valence-corrected chi connectivity index (χ4v) is 6.57. The fraction of sp³-hybridized carbons (Fsp3) is 0.962. The van der Waals surface area contributed by atoms with Gasteiger partial charge in [0.25, 0.3) is 0 Å². The second-order valence-corrected chi connectivity index (χ2v) is 11.0. The van der Waals surface area contributed by atoms with Gasteiger partial charge in [-0.15, -0.1) is 24.0 Å². The summed E-state index contributed by atoms with van der Waals surface area (Å²) in [5.74, 6) is 1.05. The minimum Gasteiger partial charge on any atom is -0.357 e. The van der Waals surface area contributed by atoms with Crippen LogP contribution in [-0.2, 0) is 0 Å². The number of nitrogens with zero attached hydrogens (tertiary/aromatic N) is 4. The Morgan fingerprint density at radius 1 is 0.848 bits per heavy atom. The minimum absolute atomic E-state index is 0. The molecule has 7 heteroatoms. The van der Waals surface area contributed by atoms with Crippen molar-refractivity contribution in [3.8, 4) is 0 Å². The van der Waals surface area contributed by atoms with Gasteiger partial charge in [-0.3, -0.25) is 9.89 Å². The third kappa shape index (κ3) is 7.68. The van der Waals surface area contributed by atoms with Crippen LogP contribution in [-0.4, -0.2) is 97.7 Å². The molecule has 3 heterocycles. The van der Waals surface area contributed by atoms with E-state index in [2.05, 4.69) is 39.3 Å². The molecule has 4 fully saturated rings. The summed E-state index contributed by atoms with van der Waals surface area (Å²) < 4.78 is 0. The molecule has 1 saturated carbocycles. The van der Waals surface area contributed by atoms with Crippen molar-refractivity contribution >= 4 is 29.9 Å². The average Bonchev–Trinajstić information content (AvgIpc) is 2.85. The lowest BCUT2D eigenvalue weighted by Gasteiger charge is -2.49. The molecule has 0 atom stereocenters. The zero-order valence-corrected chi connectivity index (χ0v) is 23.8. The molecule has 4 aliphatic rings. The zero-order valence-electron chi connectivity index (χ0n) is 21.5. The first kappa shape index (κ1) is 27.5. The van der Waals surface area contributed by atoms with Crippen LogP contribution >= 0.6 is 24.0 Å². The first-order valence-corrected chi connectivity index (χ1v) is 13.9. The predicted molar refractivity (Wildman–Crippen MR) is 151 cm³/mol. The van der Waals surface area contributed by atoms with Crippen molar-refractivity contribution in [3.05, 3.63) is 0 Å². The first-order chi connectivity index (χ1) is 15.7. The van der Waals surface area contributed by atoms with Crippen molar-refractivity contribution in [2.24, 2.45) is 4.99 Å². The maximum Gasteiger partial charge on any atom is 0.191 e. The highest BCUT2D eigenvalue weighted by molar-refractivity contribution is 14.0. The number of likely N-dealkylation sites (tertiary alicyclic amines) is 3. The van der Waals surface area contributed by atoms with Crippen LogP contribution in [0.4, 0.5) is 0 Å². The number of hydrogen-bond donors (Lipinski definition) is 2. The van der Waals surface area contributed by atoms with Gasteiger partial charge in [-0.25, -0.2) is 0 Å². The summed E-state index contributed by atoms with van der Waals surface area (Å²) in [5, 5.41) is 7.40. The van der Waals surface area contributed by atoms with Gasteiger partial charge < -0.3 is 20.4 Å². The third-order valence-electron chi connectivity index (χ3n) is 8.78. The van der Waals surface area contributed by atoms with Crippen LogP contribution in [0.5, 0.6) is 0 Å². The van der Waals surface area contributed by atoms with Gasteiger partial charge in [-0.1, -0.05) is 25.7 Å². The molecule has 0 spiro atoms. The van der Waals surface area contributed by atoms with Crippen LogP contribution in [0.15, 0.2) is 4.99 Å². The van der Waals surface area contributed by atoms with Gasteiger partial charge in [0, 0.05) is 37.3 Å². The molecule has 0 aromatic heterocycles. The Morgan fingerprint density at radius 3 is 2.12 bits per heavy atom. The van der Waals surface area contributed by atoms with Crippen molar-refractivity contribution in [2.75, 3.05) is 59.4 Å². The Labute approximate surface area is 220 Å². The topological polar surface area (TPSA) is 46.1 Å². The first-order valence-electron chi connectivity index (χ1n) is 13.9. The SMILES string of the molecule is CCNC(=NCC1(N2CCCCC2)CCN(C)CC1)NC1CCN(C2CCCCC2)CC1.I. The smallest absolute Gasteiger partial charge is 0.191 e. The molecule has 0 aromatic rings. The summed E-state index contributed by atoms with van der Waals surface area (Å²) in [6, 6.07) is 1.43. The Bertz CT molecular complexity index is 571.